The fourth-order valence-corrected chi connectivity index (χ4v) is 0.687. The molecule has 74 valence electrons. The van der Waals surface area contributed by atoms with E-state index in [1.54, 1.807) is 0 Å². The fourth-order valence-electron chi connectivity index (χ4n) is 0.687. The first-order valence-electron chi connectivity index (χ1n) is 3.82. The lowest BCUT2D eigenvalue weighted by atomic mass is 10.3. The van der Waals surface area contributed by atoms with E-state index < -0.39 is 18.0 Å². The number of rotatable bonds is 5. The first-order valence-corrected chi connectivity index (χ1v) is 3.82. The quantitative estimate of drug-likeness (QED) is 0.451. The second-order valence-corrected chi connectivity index (χ2v) is 2.41. The Labute approximate surface area is 76.0 Å². The maximum absolute atomic E-state index is 10.4. The number of hydrogen-bond acceptors (Lipinski definition) is 5. The molecule has 0 fully saturated rings. The minimum atomic E-state index is -0.822. The molecule has 0 spiro atoms. The fraction of sp³-hybridized carbons (Fsp3) is 0.625. The van der Waals surface area contributed by atoms with Crippen molar-refractivity contribution in [3.8, 4) is 0 Å². The average Bonchev–Trinajstić information content (AvgIpc) is 2.01. The van der Waals surface area contributed by atoms with Crippen LogP contribution in [0.4, 0.5) is 0 Å². The minimum absolute atomic E-state index is 0.0754. The Hall–Kier alpha value is -1.39. The summed E-state index contributed by atoms with van der Waals surface area (Å²) in [6.07, 6.45) is -0.120. The van der Waals surface area contributed by atoms with Crippen molar-refractivity contribution in [3.05, 3.63) is 0 Å². The van der Waals surface area contributed by atoms with E-state index in [9.17, 15) is 14.4 Å². The molecule has 0 aliphatic heterocycles. The number of carbonyl (C=O) groups excluding carboxylic acids is 3. The van der Waals surface area contributed by atoms with Crippen LogP contribution in [0.1, 0.15) is 20.3 Å². The van der Waals surface area contributed by atoms with Crippen LogP contribution in [0.5, 0.6) is 0 Å². The predicted molar refractivity (Wildman–Crippen MR) is 42.9 cm³/mol. The van der Waals surface area contributed by atoms with E-state index in [1.165, 1.54) is 13.8 Å². The summed E-state index contributed by atoms with van der Waals surface area (Å²) < 4.78 is 9.15. The van der Waals surface area contributed by atoms with Crippen LogP contribution in [0.3, 0.4) is 0 Å². The number of carbonyl (C=O) groups is 3. The van der Waals surface area contributed by atoms with E-state index in [1.807, 2.05) is 0 Å². The van der Waals surface area contributed by atoms with Crippen LogP contribution < -0.4 is 0 Å². The Balaban J connectivity index is 3.65. The standard InChI is InChI=1S/C8H12O5/c1-6(10)12-4-3-8(5-9)13-7(2)11/h5,8H,3-4H2,1-2H3. The topological polar surface area (TPSA) is 69.7 Å². The molecule has 1 atom stereocenters. The zero-order valence-electron chi connectivity index (χ0n) is 7.61. The van der Waals surface area contributed by atoms with Crippen molar-refractivity contribution in [1.29, 1.82) is 0 Å². The van der Waals surface area contributed by atoms with Gasteiger partial charge in [-0.3, -0.25) is 14.4 Å². The van der Waals surface area contributed by atoms with Crippen molar-refractivity contribution in [2.24, 2.45) is 0 Å². The maximum atomic E-state index is 10.4. The molecule has 5 nitrogen and oxygen atoms in total. The normalized spacial score (nSPS) is 11.5. The predicted octanol–water partition coefficient (Wildman–Crippen LogP) is 0.0702. The molecule has 0 heterocycles. The highest BCUT2D eigenvalue weighted by Gasteiger charge is 2.10. The molecule has 0 aliphatic rings. The third kappa shape index (κ3) is 6.99. The highest BCUT2D eigenvalue weighted by molar-refractivity contribution is 5.70. The molecule has 0 bridgehead atoms. The van der Waals surface area contributed by atoms with Gasteiger partial charge in [0, 0.05) is 20.3 Å². The van der Waals surface area contributed by atoms with Gasteiger partial charge in [-0.1, -0.05) is 0 Å². The SMILES string of the molecule is CC(=O)OCCC(C=O)OC(C)=O. The second kappa shape index (κ2) is 6.16. The van der Waals surface area contributed by atoms with Gasteiger partial charge in [-0.05, 0) is 0 Å². The zero-order chi connectivity index (χ0) is 10.3. The van der Waals surface area contributed by atoms with Gasteiger partial charge in [-0.25, -0.2) is 0 Å². The maximum Gasteiger partial charge on any atom is 0.303 e. The summed E-state index contributed by atoms with van der Waals surface area (Å²) in [5.74, 6) is -0.951. The Kier molecular flexibility index (Phi) is 5.50. The van der Waals surface area contributed by atoms with E-state index in [2.05, 4.69) is 9.47 Å². The highest BCUT2D eigenvalue weighted by atomic mass is 16.6. The summed E-state index contributed by atoms with van der Waals surface area (Å²) in [4.78, 5) is 31.0. The summed E-state index contributed by atoms with van der Waals surface area (Å²) >= 11 is 0. The first-order chi connectivity index (χ1) is 6.06. The molecule has 0 aromatic rings. The summed E-state index contributed by atoms with van der Waals surface area (Å²) in [5, 5.41) is 0. The minimum Gasteiger partial charge on any atom is -0.466 e. The van der Waals surface area contributed by atoms with Crippen LogP contribution in [-0.2, 0) is 23.9 Å². The third-order valence-corrected chi connectivity index (χ3v) is 1.18. The van der Waals surface area contributed by atoms with Gasteiger partial charge in [0.1, 0.15) is 0 Å². The smallest absolute Gasteiger partial charge is 0.303 e. The molecule has 0 radical (unpaired) electrons. The van der Waals surface area contributed by atoms with Crippen LogP contribution in [-0.4, -0.2) is 30.9 Å². The Morgan fingerprint density at radius 2 is 1.92 bits per heavy atom. The van der Waals surface area contributed by atoms with Crippen LogP contribution in [0.15, 0.2) is 0 Å². The lowest BCUT2D eigenvalue weighted by Crippen LogP contribution is -2.20. The van der Waals surface area contributed by atoms with Gasteiger partial charge < -0.3 is 9.47 Å². The van der Waals surface area contributed by atoms with E-state index in [0.29, 0.717) is 6.29 Å². The van der Waals surface area contributed by atoms with Crippen molar-refractivity contribution >= 4 is 18.2 Å². The summed E-state index contributed by atoms with van der Waals surface area (Å²) in [7, 11) is 0. The van der Waals surface area contributed by atoms with Crippen molar-refractivity contribution in [2.75, 3.05) is 6.61 Å². The third-order valence-electron chi connectivity index (χ3n) is 1.18. The summed E-state index contributed by atoms with van der Waals surface area (Å²) in [6.45, 7) is 2.55. The number of aldehydes is 1. The van der Waals surface area contributed by atoms with Crippen LogP contribution in [0.2, 0.25) is 0 Å². The number of ether oxygens (including phenoxy) is 2. The molecule has 0 aromatic carbocycles. The van der Waals surface area contributed by atoms with E-state index in [0.717, 1.165) is 0 Å². The second-order valence-electron chi connectivity index (χ2n) is 2.41. The molecule has 0 rings (SSSR count). The van der Waals surface area contributed by atoms with Gasteiger partial charge >= 0.3 is 11.9 Å². The molecule has 5 heteroatoms. The van der Waals surface area contributed by atoms with Gasteiger partial charge in [0.05, 0.1) is 6.61 Å². The van der Waals surface area contributed by atoms with Crippen LogP contribution in [0.25, 0.3) is 0 Å². The molecule has 13 heavy (non-hydrogen) atoms. The van der Waals surface area contributed by atoms with Gasteiger partial charge in [-0.2, -0.15) is 0 Å². The molecular formula is C8H12O5. The van der Waals surface area contributed by atoms with Crippen LogP contribution in [0, 0.1) is 0 Å². The van der Waals surface area contributed by atoms with Gasteiger partial charge in [0.2, 0.25) is 0 Å². The van der Waals surface area contributed by atoms with Gasteiger partial charge in [0.25, 0.3) is 0 Å². The van der Waals surface area contributed by atoms with Crippen molar-refractivity contribution in [1.82, 2.24) is 0 Å². The van der Waals surface area contributed by atoms with Crippen molar-refractivity contribution in [3.63, 3.8) is 0 Å². The highest BCUT2D eigenvalue weighted by Crippen LogP contribution is 1.96. The lowest BCUT2D eigenvalue weighted by molar-refractivity contribution is -0.151. The molecule has 0 amide bonds. The van der Waals surface area contributed by atoms with Crippen LogP contribution >= 0.6 is 0 Å². The monoisotopic (exact) mass is 188 g/mol. The Bertz CT molecular complexity index is 199. The lowest BCUT2D eigenvalue weighted by Gasteiger charge is -2.09. The molecule has 0 saturated heterocycles. The summed E-state index contributed by atoms with van der Waals surface area (Å²) in [5.41, 5.74) is 0. The van der Waals surface area contributed by atoms with E-state index >= 15 is 0 Å². The van der Waals surface area contributed by atoms with Gasteiger partial charge in [-0.15, -0.1) is 0 Å². The van der Waals surface area contributed by atoms with Crippen molar-refractivity contribution in [2.45, 2.75) is 26.4 Å². The van der Waals surface area contributed by atoms with Gasteiger partial charge in [0.15, 0.2) is 12.4 Å². The Morgan fingerprint density at radius 1 is 1.31 bits per heavy atom. The zero-order valence-corrected chi connectivity index (χ0v) is 7.61. The molecule has 1 unspecified atom stereocenters. The summed E-state index contributed by atoms with van der Waals surface area (Å²) in [6, 6.07) is 0. The molecular weight excluding hydrogens is 176 g/mol. The average molecular weight is 188 g/mol. The largest absolute Gasteiger partial charge is 0.466 e. The van der Waals surface area contributed by atoms with E-state index in [-0.39, 0.29) is 13.0 Å². The molecule has 0 aromatic heterocycles. The van der Waals surface area contributed by atoms with Crippen molar-refractivity contribution < 1.29 is 23.9 Å². The molecule has 0 N–H and O–H groups in total. The Morgan fingerprint density at radius 3 is 2.31 bits per heavy atom. The molecule has 0 aliphatic carbocycles. The van der Waals surface area contributed by atoms with E-state index in [4.69, 9.17) is 0 Å². The number of esters is 2. The molecule has 0 saturated carbocycles. The number of hydrogen-bond donors (Lipinski definition) is 0. The first kappa shape index (κ1) is 11.6.